The number of nitrogens with one attached hydrogen (secondary N) is 1. The number of rotatable bonds is 5. The van der Waals surface area contributed by atoms with Gasteiger partial charge in [0.05, 0.1) is 17.7 Å². The molecular weight excluding hydrogens is 284 g/mol. The highest BCUT2D eigenvalue weighted by molar-refractivity contribution is 7.12. The minimum absolute atomic E-state index is 0.259. The molecule has 0 unspecified atom stereocenters. The lowest BCUT2D eigenvalue weighted by Crippen LogP contribution is -2.46. The standard InChI is InChI=1S/C16H16N2O2S/c1-16(11-20-2,13-6-4-3-5-7-13)18-15(19)14-12(10-17)8-9-21-14/h3-9H,11H2,1-2H3,(H,18,19)/t16-/m0/s1. The zero-order chi connectivity index (χ0) is 15.3. The van der Waals surface area contributed by atoms with E-state index in [0.717, 1.165) is 5.56 Å². The summed E-state index contributed by atoms with van der Waals surface area (Å²) >= 11 is 1.26. The van der Waals surface area contributed by atoms with Gasteiger partial charge in [0, 0.05) is 7.11 Å². The molecule has 108 valence electrons. The summed E-state index contributed by atoms with van der Waals surface area (Å²) in [4.78, 5) is 12.9. The fourth-order valence-electron chi connectivity index (χ4n) is 2.17. The molecule has 1 N–H and O–H groups in total. The third-order valence-electron chi connectivity index (χ3n) is 3.23. The summed E-state index contributed by atoms with van der Waals surface area (Å²) in [6, 6.07) is 13.3. The van der Waals surface area contributed by atoms with Crippen molar-refractivity contribution in [3.05, 3.63) is 57.8 Å². The second kappa shape index (κ2) is 6.53. The molecule has 2 rings (SSSR count). The molecule has 0 bridgehead atoms. The number of hydrogen-bond donors (Lipinski definition) is 1. The van der Waals surface area contributed by atoms with E-state index in [1.165, 1.54) is 11.3 Å². The number of thiophene rings is 1. The molecule has 5 heteroatoms. The van der Waals surface area contributed by atoms with Crippen molar-refractivity contribution < 1.29 is 9.53 Å². The lowest BCUT2D eigenvalue weighted by atomic mass is 9.92. The Morgan fingerprint density at radius 2 is 2.10 bits per heavy atom. The maximum absolute atomic E-state index is 12.4. The number of benzene rings is 1. The van der Waals surface area contributed by atoms with Crippen molar-refractivity contribution >= 4 is 17.2 Å². The van der Waals surface area contributed by atoms with Crippen LogP contribution in [-0.2, 0) is 10.3 Å². The second-order valence-electron chi connectivity index (χ2n) is 4.86. The Morgan fingerprint density at radius 3 is 2.71 bits per heavy atom. The van der Waals surface area contributed by atoms with Gasteiger partial charge in [0.15, 0.2) is 0 Å². The highest BCUT2D eigenvalue weighted by Crippen LogP contribution is 2.23. The lowest BCUT2D eigenvalue weighted by molar-refractivity contribution is 0.0789. The molecule has 0 spiro atoms. The normalized spacial score (nSPS) is 13.2. The van der Waals surface area contributed by atoms with Crippen LogP contribution in [-0.4, -0.2) is 19.6 Å². The molecule has 0 aliphatic heterocycles. The zero-order valence-corrected chi connectivity index (χ0v) is 12.7. The van der Waals surface area contributed by atoms with Gasteiger partial charge < -0.3 is 10.1 Å². The first kappa shape index (κ1) is 15.2. The third-order valence-corrected chi connectivity index (χ3v) is 4.14. The average molecular weight is 300 g/mol. The molecule has 0 fully saturated rings. The molecule has 2 aromatic rings. The Bertz CT molecular complexity index is 660. The summed E-state index contributed by atoms with van der Waals surface area (Å²) in [7, 11) is 1.60. The first-order valence-corrected chi connectivity index (χ1v) is 7.33. The summed E-state index contributed by atoms with van der Waals surface area (Å²) in [5, 5.41) is 13.7. The molecule has 21 heavy (non-hydrogen) atoms. The molecule has 1 aromatic carbocycles. The molecule has 1 atom stereocenters. The van der Waals surface area contributed by atoms with E-state index in [0.29, 0.717) is 17.0 Å². The van der Waals surface area contributed by atoms with E-state index in [4.69, 9.17) is 10.00 Å². The number of nitriles is 1. The van der Waals surface area contributed by atoms with Crippen molar-refractivity contribution in [1.82, 2.24) is 5.32 Å². The van der Waals surface area contributed by atoms with Crippen LogP contribution in [0.2, 0.25) is 0 Å². The highest BCUT2D eigenvalue weighted by atomic mass is 32.1. The predicted octanol–water partition coefficient (Wildman–Crippen LogP) is 2.91. The molecule has 1 aromatic heterocycles. The molecule has 0 radical (unpaired) electrons. The Labute approximate surface area is 128 Å². The SMILES string of the molecule is COC[C@](C)(NC(=O)c1sccc1C#N)c1ccccc1. The molecule has 0 saturated heterocycles. The van der Waals surface area contributed by atoms with Gasteiger partial charge in [-0.15, -0.1) is 11.3 Å². The second-order valence-corrected chi connectivity index (χ2v) is 5.78. The Morgan fingerprint density at radius 1 is 1.38 bits per heavy atom. The van der Waals surface area contributed by atoms with E-state index in [1.54, 1.807) is 18.6 Å². The number of ether oxygens (including phenoxy) is 1. The Kier molecular flexibility index (Phi) is 4.73. The van der Waals surface area contributed by atoms with Crippen molar-refractivity contribution in [2.45, 2.75) is 12.5 Å². The molecule has 1 amide bonds. The monoisotopic (exact) mass is 300 g/mol. The van der Waals surface area contributed by atoms with Gasteiger partial charge in [-0.1, -0.05) is 30.3 Å². The first-order valence-electron chi connectivity index (χ1n) is 6.45. The van der Waals surface area contributed by atoms with Crippen molar-refractivity contribution in [2.24, 2.45) is 0 Å². The van der Waals surface area contributed by atoms with Crippen LogP contribution in [0.3, 0.4) is 0 Å². The number of hydrogen-bond acceptors (Lipinski definition) is 4. The van der Waals surface area contributed by atoms with E-state index in [1.807, 2.05) is 43.3 Å². The van der Waals surface area contributed by atoms with Gasteiger partial charge in [-0.2, -0.15) is 5.26 Å². The smallest absolute Gasteiger partial charge is 0.263 e. The van der Waals surface area contributed by atoms with E-state index < -0.39 is 5.54 Å². The van der Waals surface area contributed by atoms with Crippen LogP contribution in [0.5, 0.6) is 0 Å². The fourth-order valence-corrected chi connectivity index (χ4v) is 2.91. The summed E-state index contributed by atoms with van der Waals surface area (Å²) in [6.45, 7) is 2.25. The number of carbonyl (C=O) groups is 1. The van der Waals surface area contributed by atoms with E-state index in [2.05, 4.69) is 5.32 Å². The largest absolute Gasteiger partial charge is 0.382 e. The quantitative estimate of drug-likeness (QED) is 0.923. The summed E-state index contributed by atoms with van der Waals surface area (Å²) in [6.07, 6.45) is 0. The topological polar surface area (TPSA) is 62.1 Å². The molecule has 4 nitrogen and oxygen atoms in total. The minimum Gasteiger partial charge on any atom is -0.382 e. The Balaban J connectivity index is 2.29. The van der Waals surface area contributed by atoms with E-state index in [9.17, 15) is 4.79 Å². The van der Waals surface area contributed by atoms with Gasteiger partial charge >= 0.3 is 0 Å². The highest BCUT2D eigenvalue weighted by Gasteiger charge is 2.30. The van der Waals surface area contributed by atoms with Gasteiger partial charge in [-0.25, -0.2) is 0 Å². The maximum Gasteiger partial charge on any atom is 0.263 e. The summed E-state index contributed by atoms with van der Waals surface area (Å²) < 4.78 is 5.26. The van der Waals surface area contributed by atoms with Crippen LogP contribution < -0.4 is 5.32 Å². The first-order chi connectivity index (χ1) is 10.1. The van der Waals surface area contributed by atoms with Gasteiger partial charge in [-0.05, 0) is 23.9 Å². The van der Waals surface area contributed by atoms with Gasteiger partial charge in [-0.3, -0.25) is 4.79 Å². The van der Waals surface area contributed by atoms with E-state index in [-0.39, 0.29) is 5.91 Å². The number of carbonyl (C=O) groups excluding carboxylic acids is 1. The van der Waals surface area contributed by atoms with Gasteiger partial charge in [0.1, 0.15) is 10.9 Å². The summed E-state index contributed by atoms with van der Waals surface area (Å²) in [5.74, 6) is -0.259. The average Bonchev–Trinajstić information content (AvgIpc) is 2.97. The van der Waals surface area contributed by atoms with E-state index >= 15 is 0 Å². The van der Waals surface area contributed by atoms with Crippen LogP contribution in [0, 0.1) is 11.3 Å². The van der Waals surface area contributed by atoms with Gasteiger partial charge in [0.2, 0.25) is 0 Å². The number of methoxy groups -OCH3 is 1. The molecular formula is C16H16N2O2S. The molecule has 0 aliphatic rings. The number of nitrogens with zero attached hydrogens (tertiary/aromatic N) is 1. The zero-order valence-electron chi connectivity index (χ0n) is 11.9. The van der Waals surface area contributed by atoms with Crippen LogP contribution in [0.1, 0.15) is 27.7 Å². The number of amides is 1. The van der Waals surface area contributed by atoms with Crippen LogP contribution in [0.15, 0.2) is 41.8 Å². The van der Waals surface area contributed by atoms with Crippen LogP contribution >= 0.6 is 11.3 Å². The molecule has 0 saturated carbocycles. The molecule has 1 heterocycles. The maximum atomic E-state index is 12.4. The Hall–Kier alpha value is -2.16. The van der Waals surface area contributed by atoms with Crippen molar-refractivity contribution in [1.29, 1.82) is 5.26 Å². The van der Waals surface area contributed by atoms with Crippen molar-refractivity contribution in [3.8, 4) is 6.07 Å². The van der Waals surface area contributed by atoms with Crippen molar-refractivity contribution in [3.63, 3.8) is 0 Å². The summed E-state index contributed by atoms with van der Waals surface area (Å²) in [5.41, 5.74) is 0.699. The molecule has 0 aliphatic carbocycles. The van der Waals surface area contributed by atoms with Crippen molar-refractivity contribution in [2.75, 3.05) is 13.7 Å². The van der Waals surface area contributed by atoms with Gasteiger partial charge in [0.25, 0.3) is 5.91 Å². The van der Waals surface area contributed by atoms with Crippen LogP contribution in [0.25, 0.3) is 0 Å². The fraction of sp³-hybridized carbons (Fsp3) is 0.250. The minimum atomic E-state index is -0.649. The third kappa shape index (κ3) is 3.30. The predicted molar refractivity (Wildman–Crippen MR) is 82.2 cm³/mol. The lowest BCUT2D eigenvalue weighted by Gasteiger charge is -2.30. The van der Waals surface area contributed by atoms with Crippen LogP contribution in [0.4, 0.5) is 0 Å².